The van der Waals surface area contributed by atoms with E-state index >= 15 is 0 Å². The molecular weight excluding hydrogens is 400 g/mol. The molecule has 4 aromatic rings. The molecule has 3 heterocycles. The molecule has 0 radical (unpaired) electrons. The number of aryl methyl sites for hydroxylation is 1. The molecule has 0 saturated carbocycles. The summed E-state index contributed by atoms with van der Waals surface area (Å²) in [4.78, 5) is 18.0. The molecule has 32 heavy (non-hydrogen) atoms. The van der Waals surface area contributed by atoms with E-state index in [0.29, 0.717) is 23.6 Å². The smallest absolute Gasteiger partial charge is 0.195 e. The van der Waals surface area contributed by atoms with E-state index in [1.165, 1.54) is 0 Å². The number of fused-ring (bicyclic) bond motifs is 1. The van der Waals surface area contributed by atoms with E-state index in [4.69, 9.17) is 4.74 Å². The van der Waals surface area contributed by atoms with Gasteiger partial charge in [-0.25, -0.2) is 4.98 Å². The maximum Gasteiger partial charge on any atom is 0.195 e. The molecule has 1 fully saturated rings. The topological polar surface area (TPSA) is 68.2 Å². The molecular formula is C26H26N4O2. The fourth-order valence-corrected chi connectivity index (χ4v) is 4.23. The first-order valence-electron chi connectivity index (χ1n) is 11.0. The van der Waals surface area contributed by atoms with Gasteiger partial charge < -0.3 is 15.4 Å². The average molecular weight is 427 g/mol. The van der Waals surface area contributed by atoms with E-state index in [1.807, 2.05) is 73.7 Å². The average Bonchev–Trinajstić information content (AvgIpc) is 3.32. The molecule has 1 atom stereocenters. The van der Waals surface area contributed by atoms with Crippen LogP contribution in [0.15, 0.2) is 77.6 Å². The summed E-state index contributed by atoms with van der Waals surface area (Å²) in [5.41, 5.74) is 3.45. The second-order valence-electron chi connectivity index (χ2n) is 8.08. The Morgan fingerprint density at radius 3 is 2.53 bits per heavy atom. The predicted octanol–water partition coefficient (Wildman–Crippen LogP) is 5.03. The van der Waals surface area contributed by atoms with Crippen LogP contribution in [0.25, 0.3) is 16.6 Å². The van der Waals surface area contributed by atoms with Crippen LogP contribution in [0.5, 0.6) is 0 Å². The fourth-order valence-electron chi connectivity index (χ4n) is 4.23. The molecule has 0 aliphatic carbocycles. The molecule has 0 spiro atoms. The van der Waals surface area contributed by atoms with Crippen molar-refractivity contribution in [2.75, 3.05) is 23.8 Å². The molecule has 5 rings (SSSR count). The summed E-state index contributed by atoms with van der Waals surface area (Å²) in [6, 6.07) is 23.5. The first-order valence-corrected chi connectivity index (χ1v) is 11.0. The lowest BCUT2D eigenvalue weighted by molar-refractivity contribution is 0.120. The van der Waals surface area contributed by atoms with Crippen molar-refractivity contribution >= 4 is 28.2 Å². The molecule has 2 N–H and O–H groups in total. The van der Waals surface area contributed by atoms with Gasteiger partial charge in [0.2, 0.25) is 0 Å². The maximum absolute atomic E-state index is 13.3. The van der Waals surface area contributed by atoms with Gasteiger partial charge in [0.1, 0.15) is 11.6 Å². The molecule has 0 amide bonds. The lowest BCUT2D eigenvalue weighted by Gasteiger charge is -2.20. The molecule has 162 valence electrons. The summed E-state index contributed by atoms with van der Waals surface area (Å²) < 4.78 is 7.82. The van der Waals surface area contributed by atoms with Crippen molar-refractivity contribution in [1.29, 1.82) is 0 Å². The molecule has 6 heteroatoms. The van der Waals surface area contributed by atoms with Gasteiger partial charge in [-0.2, -0.15) is 0 Å². The number of rotatable bonds is 6. The number of benzene rings is 2. The van der Waals surface area contributed by atoms with Crippen LogP contribution in [0.3, 0.4) is 0 Å². The summed E-state index contributed by atoms with van der Waals surface area (Å²) in [6.07, 6.45) is 2.25. The highest BCUT2D eigenvalue weighted by molar-refractivity contribution is 5.92. The standard InChI is InChI=1S/C26H26N4O2/c1-18-15-22-25(26(28-18)27-17-21-13-8-14-32-21)23(31)16-24(29-19-9-4-2-5-10-19)30(22)20-11-6-3-7-12-20/h2-7,9-12,15-16,21,29H,8,13-14,17H2,1H3,(H,27,28). The highest BCUT2D eigenvalue weighted by atomic mass is 16.5. The molecule has 1 aliphatic rings. The van der Waals surface area contributed by atoms with Gasteiger partial charge in [0.15, 0.2) is 5.43 Å². The molecule has 1 aliphatic heterocycles. The van der Waals surface area contributed by atoms with Crippen molar-refractivity contribution < 1.29 is 4.74 Å². The quantitative estimate of drug-likeness (QED) is 0.453. The van der Waals surface area contributed by atoms with Crippen LogP contribution in [-0.2, 0) is 4.74 Å². The highest BCUT2D eigenvalue weighted by Gasteiger charge is 2.19. The lowest BCUT2D eigenvalue weighted by Crippen LogP contribution is -2.21. The minimum atomic E-state index is -0.0760. The van der Waals surface area contributed by atoms with Crippen LogP contribution in [0.1, 0.15) is 18.5 Å². The highest BCUT2D eigenvalue weighted by Crippen LogP contribution is 2.28. The number of nitrogens with one attached hydrogen (secondary N) is 2. The summed E-state index contributed by atoms with van der Waals surface area (Å²) in [5, 5.41) is 7.39. The van der Waals surface area contributed by atoms with E-state index in [9.17, 15) is 4.79 Å². The second kappa shape index (κ2) is 8.85. The van der Waals surface area contributed by atoms with Gasteiger partial charge in [-0.1, -0.05) is 36.4 Å². The maximum atomic E-state index is 13.3. The van der Waals surface area contributed by atoms with Gasteiger partial charge in [-0.15, -0.1) is 0 Å². The van der Waals surface area contributed by atoms with Crippen LogP contribution < -0.4 is 16.1 Å². The number of hydrogen-bond donors (Lipinski definition) is 2. The largest absolute Gasteiger partial charge is 0.376 e. The van der Waals surface area contributed by atoms with E-state index in [0.717, 1.165) is 42.0 Å². The third kappa shape index (κ3) is 4.09. The third-order valence-electron chi connectivity index (χ3n) is 5.70. The number of nitrogens with zero attached hydrogens (tertiary/aromatic N) is 2. The zero-order valence-electron chi connectivity index (χ0n) is 18.0. The van der Waals surface area contributed by atoms with Crippen LogP contribution in [0.4, 0.5) is 17.3 Å². The van der Waals surface area contributed by atoms with Gasteiger partial charge in [0.05, 0.1) is 17.0 Å². The van der Waals surface area contributed by atoms with Gasteiger partial charge in [-0.3, -0.25) is 9.36 Å². The van der Waals surface area contributed by atoms with Crippen molar-refractivity contribution in [1.82, 2.24) is 9.55 Å². The van der Waals surface area contributed by atoms with E-state index < -0.39 is 0 Å². The Morgan fingerprint density at radius 1 is 1.06 bits per heavy atom. The van der Waals surface area contributed by atoms with Crippen molar-refractivity contribution in [3.63, 3.8) is 0 Å². The summed E-state index contributed by atoms with van der Waals surface area (Å²) in [6.45, 7) is 3.39. The summed E-state index contributed by atoms with van der Waals surface area (Å²) in [7, 11) is 0. The Kier molecular flexibility index (Phi) is 5.60. The van der Waals surface area contributed by atoms with Crippen molar-refractivity contribution in [2.45, 2.75) is 25.9 Å². The number of hydrogen-bond acceptors (Lipinski definition) is 5. The molecule has 0 bridgehead atoms. The number of anilines is 3. The van der Waals surface area contributed by atoms with Crippen molar-refractivity contribution in [2.24, 2.45) is 0 Å². The third-order valence-corrected chi connectivity index (χ3v) is 5.70. The molecule has 1 unspecified atom stereocenters. The van der Waals surface area contributed by atoms with E-state index in [2.05, 4.69) is 20.2 Å². The lowest BCUT2D eigenvalue weighted by atomic mass is 10.1. The molecule has 2 aromatic heterocycles. The number of pyridine rings is 2. The van der Waals surface area contributed by atoms with E-state index in [1.54, 1.807) is 6.07 Å². The van der Waals surface area contributed by atoms with Crippen LogP contribution in [-0.4, -0.2) is 28.8 Å². The van der Waals surface area contributed by atoms with E-state index in [-0.39, 0.29) is 11.5 Å². The molecule has 2 aromatic carbocycles. The minimum Gasteiger partial charge on any atom is -0.376 e. The Morgan fingerprint density at radius 2 is 1.81 bits per heavy atom. The summed E-state index contributed by atoms with van der Waals surface area (Å²) >= 11 is 0. The minimum absolute atomic E-state index is 0.0760. The monoisotopic (exact) mass is 426 g/mol. The molecule has 6 nitrogen and oxygen atoms in total. The Bertz CT molecular complexity index is 1280. The predicted molar refractivity (Wildman–Crippen MR) is 129 cm³/mol. The van der Waals surface area contributed by atoms with Gasteiger partial charge in [0.25, 0.3) is 0 Å². The van der Waals surface area contributed by atoms with Gasteiger partial charge >= 0.3 is 0 Å². The molecule has 1 saturated heterocycles. The zero-order valence-corrected chi connectivity index (χ0v) is 18.0. The summed E-state index contributed by atoms with van der Waals surface area (Å²) in [5.74, 6) is 1.31. The number of ether oxygens (including phenoxy) is 1. The van der Waals surface area contributed by atoms with Crippen LogP contribution >= 0.6 is 0 Å². The normalized spacial score (nSPS) is 15.7. The van der Waals surface area contributed by atoms with Crippen LogP contribution in [0, 0.1) is 6.92 Å². The van der Waals surface area contributed by atoms with Crippen molar-refractivity contribution in [3.8, 4) is 5.69 Å². The van der Waals surface area contributed by atoms with Gasteiger partial charge in [-0.05, 0) is 50.1 Å². The first kappa shape index (κ1) is 20.3. The second-order valence-corrected chi connectivity index (χ2v) is 8.08. The van der Waals surface area contributed by atoms with Gasteiger partial charge in [0, 0.05) is 36.3 Å². The SMILES string of the molecule is Cc1cc2c(c(NCC3CCCO3)n1)c(=O)cc(Nc1ccccc1)n2-c1ccccc1. The zero-order chi connectivity index (χ0) is 21.9. The fraction of sp³-hybridized carbons (Fsp3) is 0.231. The number of aromatic nitrogens is 2. The Balaban J connectivity index is 1.68. The Labute approximate surface area is 186 Å². The van der Waals surface area contributed by atoms with Crippen molar-refractivity contribution in [3.05, 3.63) is 88.7 Å². The van der Waals surface area contributed by atoms with Crippen LogP contribution in [0.2, 0.25) is 0 Å². The Hall–Kier alpha value is -3.64. The number of para-hydroxylation sites is 2. The first-order chi connectivity index (χ1) is 15.7.